The lowest BCUT2D eigenvalue weighted by Crippen LogP contribution is -2.28. The molecule has 1 fully saturated rings. The number of hydrogen-bond donors (Lipinski definition) is 3. The molecule has 4 N–H and O–H groups in total. The number of benzene rings is 1. The summed E-state index contributed by atoms with van der Waals surface area (Å²) >= 11 is 0. The number of anilines is 1. The maximum Gasteiger partial charge on any atom is 0.312 e. The molecule has 2 aromatic rings. The predicted molar refractivity (Wildman–Crippen MR) is 99.7 cm³/mol. The number of urea groups is 1. The van der Waals surface area contributed by atoms with Crippen molar-refractivity contribution in [1.29, 1.82) is 0 Å². The van der Waals surface area contributed by atoms with Crippen molar-refractivity contribution in [1.82, 2.24) is 15.6 Å². The number of nitrogens with two attached hydrogens (primary N) is 1. The molecule has 0 spiro atoms. The van der Waals surface area contributed by atoms with Crippen LogP contribution in [0.2, 0.25) is 0 Å². The van der Waals surface area contributed by atoms with Crippen LogP contribution in [-0.2, 0) is 13.1 Å². The van der Waals surface area contributed by atoms with Gasteiger partial charge in [0.15, 0.2) is 0 Å². The van der Waals surface area contributed by atoms with Gasteiger partial charge in [-0.05, 0) is 42.2 Å². The highest BCUT2D eigenvalue weighted by Gasteiger charge is 2.13. The van der Waals surface area contributed by atoms with Crippen LogP contribution < -0.4 is 21.3 Å². The van der Waals surface area contributed by atoms with Crippen LogP contribution in [0.15, 0.2) is 42.6 Å². The van der Waals surface area contributed by atoms with E-state index < -0.39 is 6.03 Å². The van der Waals surface area contributed by atoms with Crippen molar-refractivity contribution in [2.75, 3.05) is 18.0 Å². The molecule has 1 aromatic heterocycles. The molecule has 0 atom stereocenters. The number of nitrogens with zero attached hydrogens (tertiary/aromatic N) is 2. The van der Waals surface area contributed by atoms with Crippen LogP contribution >= 0.6 is 0 Å². The van der Waals surface area contributed by atoms with Gasteiger partial charge in [0.1, 0.15) is 5.82 Å². The highest BCUT2D eigenvalue weighted by atomic mass is 16.2. The Kier molecular flexibility index (Phi) is 5.68. The van der Waals surface area contributed by atoms with Gasteiger partial charge in [-0.2, -0.15) is 0 Å². The molecule has 1 saturated heterocycles. The third-order valence-corrected chi connectivity index (χ3v) is 4.38. The summed E-state index contributed by atoms with van der Waals surface area (Å²) in [6.07, 6.45) is 4.25. The Labute approximate surface area is 152 Å². The Morgan fingerprint density at radius 1 is 0.962 bits per heavy atom. The topological polar surface area (TPSA) is 100 Å². The molecule has 2 heterocycles. The molecule has 0 aliphatic carbocycles. The maximum absolute atomic E-state index is 12.2. The van der Waals surface area contributed by atoms with Gasteiger partial charge in [0.2, 0.25) is 0 Å². The molecule has 1 aliphatic rings. The van der Waals surface area contributed by atoms with Gasteiger partial charge in [-0.25, -0.2) is 9.78 Å². The molecule has 3 rings (SSSR count). The van der Waals surface area contributed by atoms with Gasteiger partial charge in [-0.1, -0.05) is 18.2 Å². The lowest BCUT2D eigenvalue weighted by atomic mass is 10.1. The SMILES string of the molecule is NC(=O)NCc1ccc(C(=O)NCc2ccc(N3CCCC3)nc2)cc1. The van der Waals surface area contributed by atoms with Crippen molar-refractivity contribution >= 4 is 17.8 Å². The van der Waals surface area contributed by atoms with Crippen LogP contribution in [0.25, 0.3) is 0 Å². The molecule has 0 unspecified atom stereocenters. The largest absolute Gasteiger partial charge is 0.357 e. The van der Waals surface area contributed by atoms with E-state index in [1.807, 2.05) is 18.3 Å². The molecule has 1 aromatic carbocycles. The smallest absolute Gasteiger partial charge is 0.312 e. The number of primary amides is 1. The van der Waals surface area contributed by atoms with Crippen LogP contribution in [0.1, 0.15) is 34.3 Å². The molecule has 0 radical (unpaired) electrons. The monoisotopic (exact) mass is 353 g/mol. The lowest BCUT2D eigenvalue weighted by molar-refractivity contribution is 0.0951. The van der Waals surface area contributed by atoms with Gasteiger partial charge >= 0.3 is 6.03 Å². The minimum Gasteiger partial charge on any atom is -0.357 e. The maximum atomic E-state index is 12.2. The quantitative estimate of drug-likeness (QED) is 0.737. The molecule has 7 nitrogen and oxygen atoms in total. The Bertz CT molecular complexity index is 753. The number of carbonyl (C=O) groups excluding carboxylic acids is 2. The van der Waals surface area contributed by atoms with Crippen LogP contribution in [0.4, 0.5) is 10.6 Å². The first-order chi connectivity index (χ1) is 12.6. The van der Waals surface area contributed by atoms with Crippen molar-refractivity contribution in [3.8, 4) is 0 Å². The second-order valence-corrected chi connectivity index (χ2v) is 6.32. The summed E-state index contributed by atoms with van der Waals surface area (Å²) in [5.41, 5.74) is 7.44. The van der Waals surface area contributed by atoms with Gasteiger partial charge in [0.25, 0.3) is 5.91 Å². The summed E-state index contributed by atoms with van der Waals surface area (Å²) in [5, 5.41) is 5.40. The minimum atomic E-state index is -0.573. The number of rotatable bonds is 6. The fourth-order valence-corrected chi connectivity index (χ4v) is 2.90. The molecule has 7 heteroatoms. The number of carbonyl (C=O) groups is 2. The summed E-state index contributed by atoms with van der Waals surface area (Å²) in [6, 6.07) is 10.5. The van der Waals surface area contributed by atoms with Crippen LogP contribution in [0.5, 0.6) is 0 Å². The molecule has 136 valence electrons. The van der Waals surface area contributed by atoms with Crippen molar-refractivity contribution < 1.29 is 9.59 Å². The van der Waals surface area contributed by atoms with E-state index in [4.69, 9.17) is 5.73 Å². The summed E-state index contributed by atoms with van der Waals surface area (Å²) in [5.74, 6) is 0.848. The summed E-state index contributed by atoms with van der Waals surface area (Å²) in [7, 11) is 0. The van der Waals surface area contributed by atoms with E-state index in [0.29, 0.717) is 18.7 Å². The second-order valence-electron chi connectivity index (χ2n) is 6.32. The van der Waals surface area contributed by atoms with Crippen molar-refractivity contribution in [3.63, 3.8) is 0 Å². The average Bonchev–Trinajstić information content (AvgIpc) is 3.20. The number of hydrogen-bond acceptors (Lipinski definition) is 4. The zero-order valence-electron chi connectivity index (χ0n) is 14.6. The molecule has 1 aliphatic heterocycles. The average molecular weight is 353 g/mol. The number of nitrogens with one attached hydrogen (secondary N) is 2. The van der Waals surface area contributed by atoms with Crippen LogP contribution in [0.3, 0.4) is 0 Å². The molecule has 0 saturated carbocycles. The van der Waals surface area contributed by atoms with Gasteiger partial charge < -0.3 is 21.3 Å². The van der Waals surface area contributed by atoms with Crippen LogP contribution in [0, 0.1) is 0 Å². The van der Waals surface area contributed by atoms with Crippen molar-refractivity contribution in [2.24, 2.45) is 5.73 Å². The highest BCUT2D eigenvalue weighted by Crippen LogP contribution is 2.17. The van der Waals surface area contributed by atoms with Crippen molar-refractivity contribution in [2.45, 2.75) is 25.9 Å². The normalized spacial score (nSPS) is 13.5. The zero-order chi connectivity index (χ0) is 18.4. The first kappa shape index (κ1) is 17.7. The first-order valence-electron chi connectivity index (χ1n) is 8.72. The molecule has 3 amide bonds. The Morgan fingerprint density at radius 3 is 2.23 bits per heavy atom. The fourth-order valence-electron chi connectivity index (χ4n) is 2.90. The van der Waals surface area contributed by atoms with E-state index in [0.717, 1.165) is 30.0 Å². The minimum absolute atomic E-state index is 0.150. The van der Waals surface area contributed by atoms with E-state index in [2.05, 4.69) is 20.5 Å². The van der Waals surface area contributed by atoms with Gasteiger partial charge in [0, 0.05) is 37.9 Å². The summed E-state index contributed by atoms with van der Waals surface area (Å²) in [4.78, 5) is 29.7. The molecule has 26 heavy (non-hydrogen) atoms. The highest BCUT2D eigenvalue weighted by molar-refractivity contribution is 5.94. The lowest BCUT2D eigenvalue weighted by Gasteiger charge is -2.16. The van der Waals surface area contributed by atoms with E-state index >= 15 is 0 Å². The third kappa shape index (κ3) is 4.72. The van der Waals surface area contributed by atoms with Gasteiger partial charge in [-0.3, -0.25) is 4.79 Å². The van der Waals surface area contributed by atoms with E-state index in [1.54, 1.807) is 24.3 Å². The van der Waals surface area contributed by atoms with E-state index in [-0.39, 0.29) is 5.91 Å². The first-order valence-corrected chi connectivity index (χ1v) is 8.72. The Balaban J connectivity index is 1.50. The predicted octanol–water partition coefficient (Wildman–Crippen LogP) is 1.78. The van der Waals surface area contributed by atoms with E-state index in [9.17, 15) is 9.59 Å². The molecular weight excluding hydrogens is 330 g/mol. The number of amides is 3. The second kappa shape index (κ2) is 8.33. The summed E-state index contributed by atoms with van der Waals surface area (Å²) < 4.78 is 0. The van der Waals surface area contributed by atoms with Crippen LogP contribution in [-0.4, -0.2) is 30.0 Å². The number of aromatic nitrogens is 1. The van der Waals surface area contributed by atoms with Crippen molar-refractivity contribution in [3.05, 3.63) is 59.3 Å². The standard InChI is InChI=1S/C19H23N5O2/c20-19(26)23-11-14-3-6-16(7-4-14)18(25)22-13-15-5-8-17(21-12-15)24-9-1-2-10-24/h3-8,12H,1-2,9-11,13H2,(H,22,25)(H3,20,23,26). The fraction of sp³-hybridized carbons (Fsp3) is 0.316. The third-order valence-electron chi connectivity index (χ3n) is 4.38. The van der Waals surface area contributed by atoms with E-state index in [1.165, 1.54) is 12.8 Å². The molecular formula is C19H23N5O2. The Morgan fingerprint density at radius 2 is 1.62 bits per heavy atom. The van der Waals surface area contributed by atoms with Gasteiger partial charge in [-0.15, -0.1) is 0 Å². The molecule has 0 bridgehead atoms. The summed E-state index contributed by atoms with van der Waals surface area (Å²) in [6.45, 7) is 2.89. The number of pyridine rings is 1. The van der Waals surface area contributed by atoms with Gasteiger partial charge in [0.05, 0.1) is 0 Å². The zero-order valence-corrected chi connectivity index (χ0v) is 14.6. The Hall–Kier alpha value is -3.09.